The van der Waals surface area contributed by atoms with Gasteiger partial charge in [0.15, 0.2) is 0 Å². The fraction of sp³-hybridized carbons (Fsp3) is 0.125. The van der Waals surface area contributed by atoms with E-state index in [0.717, 1.165) is 10.8 Å². The topological polar surface area (TPSA) is 55.2 Å². The lowest BCUT2D eigenvalue weighted by atomic mass is 9.97. The molecule has 1 aromatic heterocycles. The highest BCUT2D eigenvalue weighted by molar-refractivity contribution is 5.88. The molecule has 3 aromatic rings. The molecule has 0 fully saturated rings. The zero-order chi connectivity index (χ0) is 13.9. The molecule has 0 bridgehead atoms. The Morgan fingerprint density at radius 3 is 2.70 bits per heavy atom. The van der Waals surface area contributed by atoms with E-state index in [2.05, 4.69) is 9.97 Å². The third kappa shape index (κ3) is 2.10. The first-order chi connectivity index (χ1) is 9.81. The number of aromatic nitrogens is 2. The van der Waals surface area contributed by atoms with Gasteiger partial charge in [0.2, 0.25) is 0 Å². The lowest BCUT2D eigenvalue weighted by Gasteiger charge is -2.16. The van der Waals surface area contributed by atoms with Crippen LogP contribution in [0.25, 0.3) is 10.8 Å². The van der Waals surface area contributed by atoms with Crippen molar-refractivity contribution in [2.45, 2.75) is 6.10 Å². The van der Waals surface area contributed by atoms with Crippen LogP contribution in [0.2, 0.25) is 0 Å². The van der Waals surface area contributed by atoms with E-state index in [1.165, 1.54) is 0 Å². The number of aliphatic hydroxyl groups is 1. The Labute approximate surface area is 116 Å². The van der Waals surface area contributed by atoms with E-state index in [1.807, 2.05) is 36.4 Å². The Morgan fingerprint density at radius 2 is 1.95 bits per heavy atom. The van der Waals surface area contributed by atoms with Crippen molar-refractivity contribution in [2.24, 2.45) is 0 Å². The zero-order valence-electron chi connectivity index (χ0n) is 11.0. The van der Waals surface area contributed by atoms with Crippen LogP contribution in [0.15, 0.2) is 55.0 Å². The van der Waals surface area contributed by atoms with E-state index in [0.29, 0.717) is 17.0 Å². The maximum atomic E-state index is 10.6. The summed E-state index contributed by atoms with van der Waals surface area (Å²) in [6.07, 6.45) is 3.84. The number of fused-ring (bicyclic) bond motifs is 1. The fourth-order valence-electron chi connectivity index (χ4n) is 2.34. The Hall–Kier alpha value is -2.46. The minimum atomic E-state index is -0.871. The maximum Gasteiger partial charge on any atom is 0.127 e. The van der Waals surface area contributed by atoms with Crippen molar-refractivity contribution in [3.63, 3.8) is 0 Å². The summed E-state index contributed by atoms with van der Waals surface area (Å²) in [6.45, 7) is 0. The predicted octanol–water partition coefficient (Wildman–Crippen LogP) is 2.72. The van der Waals surface area contributed by atoms with E-state index in [4.69, 9.17) is 4.74 Å². The van der Waals surface area contributed by atoms with E-state index < -0.39 is 6.10 Å². The third-order valence-electron chi connectivity index (χ3n) is 3.29. The van der Waals surface area contributed by atoms with E-state index in [-0.39, 0.29) is 0 Å². The number of hydrogen-bond acceptors (Lipinski definition) is 4. The van der Waals surface area contributed by atoms with Crippen molar-refractivity contribution in [2.75, 3.05) is 7.11 Å². The molecule has 0 aliphatic rings. The van der Waals surface area contributed by atoms with Gasteiger partial charge in [0.25, 0.3) is 0 Å². The molecule has 1 N–H and O–H groups in total. The average molecular weight is 266 g/mol. The summed E-state index contributed by atoms with van der Waals surface area (Å²) in [7, 11) is 1.59. The van der Waals surface area contributed by atoms with Crippen molar-refractivity contribution in [1.82, 2.24) is 9.97 Å². The van der Waals surface area contributed by atoms with Gasteiger partial charge in [-0.2, -0.15) is 0 Å². The molecule has 0 radical (unpaired) electrons. The largest absolute Gasteiger partial charge is 0.496 e. The van der Waals surface area contributed by atoms with Crippen LogP contribution in [0.4, 0.5) is 0 Å². The second-order valence-corrected chi connectivity index (χ2v) is 4.44. The number of benzene rings is 2. The zero-order valence-corrected chi connectivity index (χ0v) is 11.0. The first-order valence-electron chi connectivity index (χ1n) is 6.31. The third-order valence-corrected chi connectivity index (χ3v) is 3.29. The molecule has 20 heavy (non-hydrogen) atoms. The molecule has 0 aliphatic heterocycles. The molecule has 1 heterocycles. The summed E-state index contributed by atoms with van der Waals surface area (Å²) in [5.41, 5.74) is 1.22. The van der Waals surface area contributed by atoms with Gasteiger partial charge >= 0.3 is 0 Å². The summed E-state index contributed by atoms with van der Waals surface area (Å²) in [5, 5.41) is 12.6. The molecule has 4 heteroatoms. The van der Waals surface area contributed by atoms with Crippen molar-refractivity contribution >= 4 is 10.8 Å². The second kappa shape index (κ2) is 5.27. The minimum Gasteiger partial charge on any atom is -0.496 e. The predicted molar refractivity (Wildman–Crippen MR) is 76.6 cm³/mol. The van der Waals surface area contributed by atoms with Gasteiger partial charge in [-0.3, -0.25) is 9.97 Å². The van der Waals surface area contributed by atoms with Crippen LogP contribution in [-0.4, -0.2) is 22.2 Å². The van der Waals surface area contributed by atoms with Crippen LogP contribution in [-0.2, 0) is 0 Å². The summed E-state index contributed by atoms with van der Waals surface area (Å²) in [4.78, 5) is 8.17. The summed E-state index contributed by atoms with van der Waals surface area (Å²) < 4.78 is 5.39. The van der Waals surface area contributed by atoms with Gasteiger partial charge in [0, 0.05) is 18.0 Å². The van der Waals surface area contributed by atoms with Crippen molar-refractivity contribution in [1.29, 1.82) is 0 Å². The Bertz CT molecular complexity index is 729. The van der Waals surface area contributed by atoms with Gasteiger partial charge in [0.1, 0.15) is 11.9 Å². The van der Waals surface area contributed by atoms with Crippen LogP contribution in [0.1, 0.15) is 17.4 Å². The Morgan fingerprint density at radius 1 is 1.10 bits per heavy atom. The highest BCUT2D eigenvalue weighted by Gasteiger charge is 2.19. The van der Waals surface area contributed by atoms with Gasteiger partial charge < -0.3 is 9.84 Å². The van der Waals surface area contributed by atoms with Crippen LogP contribution in [0.5, 0.6) is 5.75 Å². The monoisotopic (exact) mass is 266 g/mol. The molecule has 0 amide bonds. The molecule has 0 saturated carbocycles. The molecular weight excluding hydrogens is 252 g/mol. The fourth-order valence-corrected chi connectivity index (χ4v) is 2.34. The van der Waals surface area contributed by atoms with Gasteiger partial charge in [-0.25, -0.2) is 0 Å². The SMILES string of the molecule is COc1ccc2ccccc2c1C(O)c1cnccn1. The molecule has 1 atom stereocenters. The molecule has 100 valence electrons. The van der Waals surface area contributed by atoms with Gasteiger partial charge in [0.05, 0.1) is 19.0 Å². The molecular formula is C16H14N2O2. The van der Waals surface area contributed by atoms with Crippen molar-refractivity contribution in [3.05, 3.63) is 66.2 Å². The maximum absolute atomic E-state index is 10.6. The number of methoxy groups -OCH3 is 1. The van der Waals surface area contributed by atoms with Crippen molar-refractivity contribution in [3.8, 4) is 5.75 Å². The molecule has 0 saturated heterocycles. The first-order valence-corrected chi connectivity index (χ1v) is 6.31. The van der Waals surface area contributed by atoms with E-state index >= 15 is 0 Å². The lowest BCUT2D eigenvalue weighted by Crippen LogP contribution is -2.05. The van der Waals surface area contributed by atoms with E-state index in [9.17, 15) is 5.11 Å². The number of aliphatic hydroxyl groups excluding tert-OH is 1. The highest BCUT2D eigenvalue weighted by Crippen LogP contribution is 2.35. The summed E-state index contributed by atoms with van der Waals surface area (Å²) in [5.74, 6) is 0.641. The van der Waals surface area contributed by atoms with Crippen LogP contribution >= 0.6 is 0 Å². The molecule has 2 aromatic carbocycles. The minimum absolute atomic E-state index is 0.502. The van der Waals surface area contributed by atoms with Crippen molar-refractivity contribution < 1.29 is 9.84 Å². The standard InChI is InChI=1S/C16H14N2O2/c1-20-14-7-6-11-4-2-3-5-12(11)15(14)16(19)13-10-17-8-9-18-13/h2-10,16,19H,1H3. The number of rotatable bonds is 3. The molecule has 0 aliphatic carbocycles. The summed E-state index contributed by atoms with van der Waals surface area (Å²) >= 11 is 0. The summed E-state index contributed by atoms with van der Waals surface area (Å²) in [6, 6.07) is 11.7. The Kier molecular flexibility index (Phi) is 3.31. The van der Waals surface area contributed by atoms with Crippen LogP contribution in [0.3, 0.4) is 0 Å². The number of ether oxygens (including phenoxy) is 1. The number of nitrogens with zero attached hydrogens (tertiary/aromatic N) is 2. The quantitative estimate of drug-likeness (QED) is 0.792. The normalized spacial score (nSPS) is 12.3. The second-order valence-electron chi connectivity index (χ2n) is 4.44. The average Bonchev–Trinajstić information content (AvgIpc) is 2.54. The number of hydrogen-bond donors (Lipinski definition) is 1. The molecule has 3 rings (SSSR count). The lowest BCUT2D eigenvalue weighted by molar-refractivity contribution is 0.211. The molecule has 4 nitrogen and oxygen atoms in total. The first kappa shape index (κ1) is 12.6. The Balaban J connectivity index is 2.23. The highest BCUT2D eigenvalue weighted by atomic mass is 16.5. The van der Waals surface area contributed by atoms with Gasteiger partial charge in [-0.05, 0) is 16.8 Å². The van der Waals surface area contributed by atoms with Crippen LogP contribution in [0, 0.1) is 0 Å². The smallest absolute Gasteiger partial charge is 0.127 e. The van der Waals surface area contributed by atoms with Crippen LogP contribution < -0.4 is 4.74 Å². The molecule has 0 spiro atoms. The van der Waals surface area contributed by atoms with E-state index in [1.54, 1.807) is 25.7 Å². The van der Waals surface area contributed by atoms with Gasteiger partial charge in [-0.1, -0.05) is 30.3 Å². The van der Waals surface area contributed by atoms with Gasteiger partial charge in [-0.15, -0.1) is 0 Å². The molecule has 1 unspecified atom stereocenters.